The van der Waals surface area contributed by atoms with Crippen LogP contribution >= 0.6 is 0 Å². The molecule has 0 unspecified atom stereocenters. The van der Waals surface area contributed by atoms with Gasteiger partial charge in [-0.1, -0.05) is 103 Å². The zero-order chi connectivity index (χ0) is 62.5. The van der Waals surface area contributed by atoms with Gasteiger partial charge < -0.3 is 22.8 Å². The first-order valence-corrected chi connectivity index (χ1v) is 18.2. The van der Waals surface area contributed by atoms with Crippen molar-refractivity contribution in [3.63, 3.8) is 0 Å². The number of benzene rings is 9. The molecular weight excluding hydrogens is 737 g/mol. The van der Waals surface area contributed by atoms with E-state index in [2.05, 4.69) is 0 Å². The average molecular weight is 795 g/mol. The monoisotopic (exact) mass is 794 g/mol. The molecule has 9 aromatic carbocycles. The summed E-state index contributed by atoms with van der Waals surface area (Å²) >= 11 is 0. The van der Waals surface area contributed by atoms with Crippen LogP contribution < -0.4 is 20.3 Å². The third kappa shape index (κ3) is 4.42. The highest BCUT2D eigenvalue weighted by Crippen LogP contribution is 2.44. The molecule has 0 aliphatic carbocycles. The van der Waals surface area contributed by atoms with Crippen LogP contribution in [0.5, 0.6) is 17.2 Å². The summed E-state index contributed by atoms with van der Waals surface area (Å²) in [5.41, 5.74) is -5.88. The van der Waals surface area contributed by atoms with Gasteiger partial charge >= 0.3 is 6.92 Å². The number of furan rings is 2. The highest BCUT2D eigenvalue weighted by atomic mass is 16.5. The molecule has 5 heterocycles. The third-order valence-electron chi connectivity index (χ3n) is 10.6. The SMILES string of the molecule is [2H]c1c(-c2ccc3c(oc4c([2H])c([2H])c5c(oc6c([2H])c([2H])c([2H])c([2H])c65)c43)c2[2H])cc2c(c1[2H])Oc1c([2H])c(-c3c([2H])c([2H])c([2H])c(-n4c5c([2H])c([2H])c([2H])c([2H])c5c5c([2H])c([2H])c([2H])c([2H])c54)c3[2H])c([2H])c3c1B2Oc1c([2H])c([2H])c([2H])c([2H])c1-3. The van der Waals surface area contributed by atoms with Gasteiger partial charge in [-0.3, -0.25) is 0 Å². The maximum absolute atomic E-state index is 10.1. The van der Waals surface area contributed by atoms with Gasteiger partial charge in [0.05, 0.1) is 53.4 Å². The van der Waals surface area contributed by atoms with E-state index < -0.39 is 237 Å². The molecule has 3 aromatic heterocycles. The van der Waals surface area contributed by atoms with Crippen LogP contribution in [0, 0.1) is 0 Å². The van der Waals surface area contributed by atoms with Gasteiger partial charge in [0.2, 0.25) is 0 Å². The van der Waals surface area contributed by atoms with Gasteiger partial charge in [0.15, 0.2) is 0 Å². The summed E-state index contributed by atoms with van der Waals surface area (Å²) in [5, 5.41) is -0.968. The Labute approximate surface area is 381 Å². The molecule has 0 fully saturated rings. The molecule has 2 aliphatic rings. The molecule has 6 heteroatoms. The van der Waals surface area contributed by atoms with Crippen LogP contribution in [0.2, 0.25) is 0 Å². The number of hydrogen-bond acceptors (Lipinski definition) is 4. The topological polar surface area (TPSA) is 49.7 Å². The van der Waals surface area contributed by atoms with Crippen molar-refractivity contribution < 1.29 is 55.2 Å². The number of rotatable bonds is 3. The summed E-state index contributed by atoms with van der Waals surface area (Å²) in [6.45, 7) is -1.69. The van der Waals surface area contributed by atoms with Crippen LogP contribution in [0.25, 0.3) is 105 Å². The summed E-state index contributed by atoms with van der Waals surface area (Å²) in [7, 11) is 0. The van der Waals surface area contributed by atoms with E-state index in [0.29, 0.717) is 0 Å². The lowest BCUT2D eigenvalue weighted by Gasteiger charge is -2.33. The Bertz CT molecular complexity index is 5330. The Balaban J connectivity index is 1.03. The van der Waals surface area contributed by atoms with E-state index in [4.69, 9.17) is 41.5 Å². The Kier molecular flexibility index (Phi) is 3.15. The van der Waals surface area contributed by atoms with Gasteiger partial charge in [0.25, 0.3) is 0 Å². The highest BCUT2D eigenvalue weighted by molar-refractivity contribution is 6.84. The summed E-state index contributed by atoms with van der Waals surface area (Å²) in [6, 6.07) is -16.2. The Morgan fingerprint density at radius 2 is 1.27 bits per heavy atom. The Morgan fingerprint density at radius 1 is 0.467 bits per heavy atom. The van der Waals surface area contributed by atoms with Crippen molar-refractivity contribution in [1.82, 2.24) is 4.57 Å². The van der Waals surface area contributed by atoms with Gasteiger partial charge in [0.1, 0.15) is 39.6 Å². The second-order valence-corrected chi connectivity index (χ2v) is 13.8. The molecule has 2 aliphatic heterocycles. The summed E-state index contributed by atoms with van der Waals surface area (Å²) < 4.78 is 270. The normalized spacial score (nSPS) is 19.2. The Morgan fingerprint density at radius 3 is 2.15 bits per heavy atom. The van der Waals surface area contributed by atoms with Crippen molar-refractivity contribution in [3.8, 4) is 56.3 Å². The van der Waals surface area contributed by atoms with Crippen LogP contribution in [-0.2, 0) is 0 Å². The molecule has 14 rings (SSSR count). The third-order valence-corrected chi connectivity index (χ3v) is 10.6. The number of ether oxygens (including phenoxy) is 1. The zero-order valence-corrected chi connectivity index (χ0v) is 29.9. The van der Waals surface area contributed by atoms with Gasteiger partial charge in [-0.15, -0.1) is 0 Å². The van der Waals surface area contributed by atoms with E-state index in [0.717, 1.165) is 4.57 Å². The van der Waals surface area contributed by atoms with Crippen molar-refractivity contribution in [2.45, 2.75) is 0 Å². The van der Waals surface area contributed by atoms with Crippen molar-refractivity contribution >= 4 is 83.5 Å². The molecule has 0 spiro atoms. The fourth-order valence-corrected chi connectivity index (χ4v) is 8.06. The summed E-state index contributed by atoms with van der Waals surface area (Å²) in [5.74, 6) is -1.65. The molecule has 12 aromatic rings. The largest absolute Gasteiger partial charge is 0.551 e. The lowest BCUT2D eigenvalue weighted by molar-refractivity contribution is 0.479. The number of nitrogens with zero attached hydrogens (tertiary/aromatic N) is 1. The molecule has 0 atom stereocenters. The first kappa shape index (κ1) is 16.0. The fourth-order valence-electron chi connectivity index (χ4n) is 8.06. The van der Waals surface area contributed by atoms with E-state index in [1.807, 2.05) is 0 Å². The molecule has 0 radical (unpaired) electrons. The minimum Gasteiger partial charge on any atom is -0.551 e. The van der Waals surface area contributed by atoms with E-state index in [1.165, 1.54) is 18.2 Å². The summed E-state index contributed by atoms with van der Waals surface area (Å²) in [4.78, 5) is 0. The number of fused-ring (bicyclic) bond motifs is 14. The molecule has 0 amide bonds. The van der Waals surface area contributed by atoms with Gasteiger partial charge in [0, 0.05) is 49.1 Å². The van der Waals surface area contributed by atoms with Crippen molar-refractivity contribution in [2.24, 2.45) is 0 Å². The predicted octanol–water partition coefficient (Wildman–Crippen LogP) is 13.2. The minimum absolute atomic E-state index is 0.0549. The van der Waals surface area contributed by atoms with Crippen molar-refractivity contribution in [2.75, 3.05) is 0 Å². The van der Waals surface area contributed by atoms with E-state index in [1.54, 1.807) is 0 Å². The van der Waals surface area contributed by atoms with Gasteiger partial charge in [-0.2, -0.15) is 0 Å². The first-order chi connectivity index (χ1) is 41.0. The number of para-hydroxylation sites is 4. The second-order valence-electron chi connectivity index (χ2n) is 13.8. The van der Waals surface area contributed by atoms with Gasteiger partial charge in [-0.05, 0) is 106 Å². The molecule has 60 heavy (non-hydrogen) atoms. The first-order valence-electron chi connectivity index (χ1n) is 31.7. The average Bonchev–Trinajstić information content (AvgIpc) is 1.64. The molecule has 0 N–H and O–H groups in total. The maximum Gasteiger partial charge on any atom is 0.434 e. The predicted molar refractivity (Wildman–Crippen MR) is 244 cm³/mol. The van der Waals surface area contributed by atoms with Crippen LogP contribution in [0.4, 0.5) is 0 Å². The molecular formula is C54H30BNO4. The fraction of sp³-hybridized carbons (Fsp3) is 0. The Hall–Kier alpha value is -7.96. The summed E-state index contributed by atoms with van der Waals surface area (Å²) in [6.07, 6.45) is 0. The number of aromatic nitrogens is 1. The van der Waals surface area contributed by atoms with E-state index >= 15 is 0 Å². The van der Waals surface area contributed by atoms with Gasteiger partial charge in [-0.25, -0.2) is 0 Å². The van der Waals surface area contributed by atoms with E-state index in [-0.39, 0.29) is 65.9 Å². The van der Waals surface area contributed by atoms with Crippen LogP contribution in [0.1, 0.15) is 37.0 Å². The number of hydrogen-bond donors (Lipinski definition) is 0. The molecule has 0 bridgehead atoms. The van der Waals surface area contributed by atoms with Crippen LogP contribution in [-0.4, -0.2) is 11.5 Å². The van der Waals surface area contributed by atoms with Crippen LogP contribution in [0.15, 0.2) is 190 Å². The smallest absolute Gasteiger partial charge is 0.434 e. The lowest BCUT2D eigenvalue weighted by atomic mass is 9.50. The van der Waals surface area contributed by atoms with Crippen LogP contribution in [0.3, 0.4) is 0 Å². The highest BCUT2D eigenvalue weighted by Gasteiger charge is 2.41. The molecule has 278 valence electrons. The quantitative estimate of drug-likeness (QED) is 0.167. The minimum atomic E-state index is -1.69. The zero-order valence-electron chi connectivity index (χ0n) is 56.9. The van der Waals surface area contributed by atoms with E-state index in [9.17, 15) is 13.7 Å². The molecule has 0 saturated heterocycles. The van der Waals surface area contributed by atoms with Crippen molar-refractivity contribution in [1.29, 1.82) is 0 Å². The standard InChI is InChI=1S/C54H30BNO4/c1-5-16-44-36(12-1)37-13-2-6-17-45(37)56(44)35-11-9-10-31(26-35)34-27-42-39-15-4-8-19-47(39)60-55-43-28-32(21-24-48(43)57-51(30-34)53(42)55)33-20-22-41-50(29-33)58-49-25-23-40-38-14-3-7-18-46(38)59-54(40)52(41)49/h1-30H/i1D,2D,3D,4D,5D,6D,7D,8D,9D,10D,11D,12D,13D,14D,15D,16D,17D,18D,19D,21D,23D,24D,25D,26D,27D,29D,30D. The molecule has 0 saturated carbocycles. The second kappa shape index (κ2) is 11.8. The lowest BCUT2D eigenvalue weighted by Crippen LogP contribution is -2.53. The maximum atomic E-state index is 10.1. The van der Waals surface area contributed by atoms with Crippen molar-refractivity contribution in [3.05, 3.63) is 181 Å². The molecule has 5 nitrogen and oxygen atoms in total.